The first-order chi connectivity index (χ1) is 14.9. The van der Waals surface area contributed by atoms with E-state index in [2.05, 4.69) is 14.6 Å². The number of halogens is 1. The molecule has 0 unspecified atom stereocenters. The molecule has 1 aliphatic heterocycles. The number of hydrogen-bond donors (Lipinski definition) is 2. The Labute approximate surface area is 177 Å². The van der Waals surface area contributed by atoms with Crippen molar-refractivity contribution in [3.8, 4) is 11.5 Å². The fraction of sp³-hybridized carbons (Fsp3) is 0.364. The number of rotatable bonds is 6. The second kappa shape index (κ2) is 8.81. The number of benzene rings is 2. The first-order valence-corrected chi connectivity index (χ1v) is 10.2. The number of aromatic amines is 1. The van der Waals surface area contributed by atoms with Crippen LogP contribution in [0.1, 0.15) is 31.4 Å². The van der Waals surface area contributed by atoms with Crippen molar-refractivity contribution in [2.75, 3.05) is 19.7 Å². The number of fused-ring (bicyclic) bond motifs is 1. The summed E-state index contributed by atoms with van der Waals surface area (Å²) in [5.41, 5.74) is 2.03. The van der Waals surface area contributed by atoms with E-state index in [0.717, 1.165) is 37.0 Å². The van der Waals surface area contributed by atoms with E-state index in [1.165, 1.54) is 12.1 Å². The monoisotopic (exact) mass is 429 g/mol. The average Bonchev–Trinajstić information content (AvgIpc) is 3.06. The fourth-order valence-corrected chi connectivity index (χ4v) is 4.14. The van der Waals surface area contributed by atoms with Crippen molar-refractivity contribution in [2.45, 2.75) is 32.4 Å². The van der Waals surface area contributed by atoms with Crippen LogP contribution in [0, 0.1) is 5.82 Å². The van der Waals surface area contributed by atoms with Gasteiger partial charge in [0.2, 0.25) is 0 Å². The largest absolute Gasteiger partial charge is 0.511 e. The smallest absolute Gasteiger partial charge is 0.491 e. The van der Waals surface area contributed by atoms with E-state index in [1.807, 2.05) is 6.92 Å². The summed E-state index contributed by atoms with van der Waals surface area (Å²) >= 11 is 0. The van der Waals surface area contributed by atoms with Crippen LogP contribution in [0.3, 0.4) is 0 Å². The molecule has 0 spiro atoms. The molecule has 9 heteroatoms. The summed E-state index contributed by atoms with van der Waals surface area (Å²) in [4.78, 5) is 28.3. The summed E-state index contributed by atoms with van der Waals surface area (Å²) in [5, 5.41) is 8.76. The number of likely N-dealkylation sites (tertiary alicyclic amines) is 1. The minimum absolute atomic E-state index is 0.0379. The van der Waals surface area contributed by atoms with Crippen LogP contribution in [0.2, 0.25) is 0 Å². The third-order valence-electron chi connectivity index (χ3n) is 5.52. The molecule has 0 saturated carbocycles. The van der Waals surface area contributed by atoms with Crippen LogP contribution in [-0.2, 0) is 6.54 Å². The SMILES string of the molecule is CCOc1cc(CN2CCC(n3c(=O)[nH]c4cc(OC(=O)O)ccc43)CC2)ccc1F. The van der Waals surface area contributed by atoms with E-state index in [-0.39, 0.29) is 29.0 Å². The Balaban J connectivity index is 1.45. The highest BCUT2D eigenvalue weighted by atomic mass is 19.1. The molecule has 1 aliphatic rings. The molecule has 0 aliphatic carbocycles. The molecule has 2 aromatic carbocycles. The Morgan fingerprint density at radius 1 is 1.23 bits per heavy atom. The summed E-state index contributed by atoms with van der Waals surface area (Å²) in [5.74, 6) is 0.0698. The van der Waals surface area contributed by atoms with E-state index in [1.54, 1.807) is 28.8 Å². The number of ether oxygens (including phenoxy) is 2. The predicted octanol–water partition coefficient (Wildman–Crippen LogP) is 3.76. The topological polar surface area (TPSA) is 96.8 Å². The maximum Gasteiger partial charge on any atom is 0.511 e. The summed E-state index contributed by atoms with van der Waals surface area (Å²) in [6.07, 6.45) is 0.183. The second-order valence-corrected chi connectivity index (χ2v) is 7.55. The van der Waals surface area contributed by atoms with Crippen LogP contribution >= 0.6 is 0 Å². The van der Waals surface area contributed by atoms with Crippen molar-refractivity contribution >= 4 is 17.2 Å². The van der Waals surface area contributed by atoms with Crippen LogP contribution < -0.4 is 15.2 Å². The number of H-pyrrole nitrogens is 1. The van der Waals surface area contributed by atoms with Gasteiger partial charge in [-0.2, -0.15) is 0 Å². The Bertz CT molecular complexity index is 1150. The zero-order chi connectivity index (χ0) is 22.0. The number of carbonyl (C=O) groups is 1. The third kappa shape index (κ3) is 4.56. The summed E-state index contributed by atoms with van der Waals surface area (Å²) in [6, 6.07) is 9.74. The summed E-state index contributed by atoms with van der Waals surface area (Å²) in [7, 11) is 0. The number of nitrogens with zero attached hydrogens (tertiary/aromatic N) is 2. The molecule has 1 fully saturated rings. The van der Waals surface area contributed by atoms with Gasteiger partial charge in [-0.25, -0.2) is 14.0 Å². The molecular formula is C22H24FN3O5. The van der Waals surface area contributed by atoms with Crippen LogP contribution in [0.15, 0.2) is 41.2 Å². The normalized spacial score (nSPS) is 15.3. The Morgan fingerprint density at radius 2 is 2.00 bits per heavy atom. The van der Waals surface area contributed by atoms with Crippen molar-refractivity contribution in [1.29, 1.82) is 0 Å². The average molecular weight is 429 g/mol. The van der Waals surface area contributed by atoms with Crippen LogP contribution in [0.4, 0.5) is 9.18 Å². The van der Waals surface area contributed by atoms with Crippen molar-refractivity contribution in [2.24, 2.45) is 0 Å². The van der Waals surface area contributed by atoms with Crippen LogP contribution in [-0.4, -0.2) is 45.4 Å². The lowest BCUT2D eigenvalue weighted by molar-refractivity contribution is 0.144. The number of piperidine rings is 1. The molecular weight excluding hydrogens is 405 g/mol. The molecule has 2 N–H and O–H groups in total. The van der Waals surface area contributed by atoms with Gasteiger partial charge in [-0.05, 0) is 49.6 Å². The zero-order valence-electron chi connectivity index (χ0n) is 17.1. The molecule has 0 atom stereocenters. The quantitative estimate of drug-likeness (QED) is 0.458. The van der Waals surface area contributed by atoms with Gasteiger partial charge in [0.15, 0.2) is 11.6 Å². The molecule has 31 heavy (non-hydrogen) atoms. The first kappa shape index (κ1) is 20.9. The molecule has 0 bridgehead atoms. The number of aromatic nitrogens is 2. The maximum absolute atomic E-state index is 13.8. The minimum atomic E-state index is -1.40. The van der Waals surface area contributed by atoms with Gasteiger partial charge in [-0.3, -0.25) is 9.47 Å². The van der Waals surface area contributed by atoms with Crippen molar-refractivity contribution in [3.63, 3.8) is 0 Å². The molecule has 1 saturated heterocycles. The highest BCUT2D eigenvalue weighted by Crippen LogP contribution is 2.28. The van der Waals surface area contributed by atoms with Gasteiger partial charge >= 0.3 is 11.8 Å². The summed E-state index contributed by atoms with van der Waals surface area (Å²) < 4.78 is 25.5. The lowest BCUT2D eigenvalue weighted by atomic mass is 10.0. The molecule has 0 radical (unpaired) electrons. The minimum Gasteiger partial charge on any atom is -0.491 e. The lowest BCUT2D eigenvalue weighted by Gasteiger charge is -2.32. The van der Waals surface area contributed by atoms with Crippen LogP contribution in [0.25, 0.3) is 11.0 Å². The molecule has 164 valence electrons. The van der Waals surface area contributed by atoms with E-state index in [4.69, 9.17) is 9.84 Å². The van der Waals surface area contributed by atoms with Crippen LogP contribution in [0.5, 0.6) is 11.5 Å². The van der Waals surface area contributed by atoms with Gasteiger partial charge in [-0.1, -0.05) is 6.07 Å². The standard InChI is InChI=1S/C22H24FN3O5/c1-2-30-20-11-14(3-5-17(20)23)13-25-9-7-15(8-10-25)26-19-6-4-16(31-22(28)29)12-18(19)24-21(26)27/h3-6,11-12,15H,2,7-10,13H2,1H3,(H,24,27)(H,28,29). The lowest BCUT2D eigenvalue weighted by Crippen LogP contribution is -2.36. The fourth-order valence-electron chi connectivity index (χ4n) is 4.14. The highest BCUT2D eigenvalue weighted by molar-refractivity contribution is 5.78. The molecule has 1 aromatic heterocycles. The van der Waals surface area contributed by atoms with Gasteiger partial charge in [0, 0.05) is 31.7 Å². The number of carboxylic acid groups (broad SMARTS) is 1. The van der Waals surface area contributed by atoms with E-state index >= 15 is 0 Å². The highest BCUT2D eigenvalue weighted by Gasteiger charge is 2.24. The van der Waals surface area contributed by atoms with Crippen molar-refractivity contribution in [3.05, 3.63) is 58.3 Å². The Hall–Kier alpha value is -3.33. The number of hydrogen-bond acceptors (Lipinski definition) is 5. The van der Waals surface area contributed by atoms with Gasteiger partial charge < -0.3 is 19.6 Å². The molecule has 8 nitrogen and oxygen atoms in total. The van der Waals surface area contributed by atoms with E-state index < -0.39 is 6.16 Å². The number of imidazole rings is 1. The predicted molar refractivity (Wildman–Crippen MR) is 112 cm³/mol. The van der Waals surface area contributed by atoms with Crippen molar-refractivity contribution < 1.29 is 23.8 Å². The Morgan fingerprint density at radius 3 is 2.71 bits per heavy atom. The number of nitrogens with one attached hydrogen (secondary N) is 1. The van der Waals surface area contributed by atoms with Gasteiger partial charge in [0.25, 0.3) is 0 Å². The van der Waals surface area contributed by atoms with Crippen molar-refractivity contribution in [1.82, 2.24) is 14.5 Å². The Kier molecular flexibility index (Phi) is 5.94. The van der Waals surface area contributed by atoms with Gasteiger partial charge in [0.1, 0.15) is 5.75 Å². The second-order valence-electron chi connectivity index (χ2n) is 7.55. The molecule has 2 heterocycles. The van der Waals surface area contributed by atoms with E-state index in [0.29, 0.717) is 18.7 Å². The maximum atomic E-state index is 13.8. The summed E-state index contributed by atoms with van der Waals surface area (Å²) in [6.45, 7) is 4.51. The molecule has 4 rings (SSSR count). The van der Waals surface area contributed by atoms with E-state index in [9.17, 15) is 14.0 Å². The van der Waals surface area contributed by atoms with Gasteiger partial charge in [0.05, 0.1) is 17.6 Å². The molecule has 3 aromatic rings. The third-order valence-corrected chi connectivity index (χ3v) is 5.52. The first-order valence-electron chi connectivity index (χ1n) is 10.2. The zero-order valence-corrected chi connectivity index (χ0v) is 17.1. The molecule has 0 amide bonds. The van der Waals surface area contributed by atoms with Gasteiger partial charge in [-0.15, -0.1) is 0 Å².